The van der Waals surface area contributed by atoms with Gasteiger partial charge in [-0.3, -0.25) is 4.79 Å². The fraction of sp³-hybridized carbons (Fsp3) is 0. The van der Waals surface area contributed by atoms with Gasteiger partial charge in [-0.25, -0.2) is 0 Å². The molecule has 2 aromatic rings. The maximum atomic E-state index is 11.1. The molecule has 1 heterocycles. The fourth-order valence-electron chi connectivity index (χ4n) is 1.28. The second kappa shape index (κ2) is 4.09. The lowest BCUT2D eigenvalue weighted by Crippen LogP contribution is -2.03. The molecule has 0 fully saturated rings. The highest BCUT2D eigenvalue weighted by molar-refractivity contribution is 6.42. The first-order valence-electron chi connectivity index (χ1n) is 4.31. The minimum absolute atomic E-state index is 0.140. The van der Waals surface area contributed by atoms with Gasteiger partial charge in [0, 0.05) is 11.8 Å². The van der Waals surface area contributed by atoms with Crippen LogP contribution in [0.1, 0.15) is 0 Å². The first-order chi connectivity index (χ1) is 7.16. The van der Waals surface area contributed by atoms with Crippen LogP contribution >= 0.6 is 23.2 Å². The molecular weight excluding hydrogens is 233 g/mol. The van der Waals surface area contributed by atoms with Crippen LogP contribution in [-0.4, -0.2) is 4.98 Å². The molecule has 0 aliphatic rings. The topological polar surface area (TPSA) is 32.9 Å². The Hall–Kier alpha value is -1.25. The van der Waals surface area contributed by atoms with Gasteiger partial charge in [0.15, 0.2) is 0 Å². The zero-order valence-corrected chi connectivity index (χ0v) is 9.14. The van der Waals surface area contributed by atoms with E-state index >= 15 is 0 Å². The summed E-state index contributed by atoms with van der Waals surface area (Å²) in [6, 6.07) is 10.2. The predicted octanol–water partition coefficient (Wildman–Crippen LogP) is 3.35. The molecule has 4 heteroatoms. The van der Waals surface area contributed by atoms with E-state index in [1.165, 1.54) is 6.07 Å². The van der Waals surface area contributed by atoms with Crippen molar-refractivity contribution in [1.82, 2.24) is 4.98 Å². The van der Waals surface area contributed by atoms with Gasteiger partial charge in [-0.1, -0.05) is 35.3 Å². The molecule has 2 rings (SSSR count). The number of hydrogen-bond donors (Lipinski definition) is 1. The molecule has 0 amide bonds. The number of rotatable bonds is 1. The summed E-state index contributed by atoms with van der Waals surface area (Å²) >= 11 is 11.7. The summed E-state index contributed by atoms with van der Waals surface area (Å²) in [4.78, 5) is 13.8. The minimum atomic E-state index is -0.140. The van der Waals surface area contributed by atoms with Crippen LogP contribution in [0.2, 0.25) is 10.0 Å². The van der Waals surface area contributed by atoms with Gasteiger partial charge in [-0.15, -0.1) is 0 Å². The van der Waals surface area contributed by atoms with Crippen molar-refractivity contribution in [2.24, 2.45) is 0 Å². The number of hydrogen-bond acceptors (Lipinski definition) is 1. The second-order valence-electron chi connectivity index (χ2n) is 3.06. The van der Waals surface area contributed by atoms with Gasteiger partial charge in [-0.2, -0.15) is 0 Å². The molecule has 0 saturated carbocycles. The number of benzene rings is 1. The number of pyridine rings is 1. The van der Waals surface area contributed by atoms with Crippen molar-refractivity contribution < 1.29 is 0 Å². The molecule has 0 saturated heterocycles. The Morgan fingerprint density at radius 3 is 2.47 bits per heavy atom. The van der Waals surface area contributed by atoms with Crippen molar-refractivity contribution >= 4 is 23.2 Å². The van der Waals surface area contributed by atoms with Crippen LogP contribution < -0.4 is 5.56 Å². The minimum Gasteiger partial charge on any atom is -0.322 e. The molecule has 1 N–H and O–H groups in total. The van der Waals surface area contributed by atoms with Crippen LogP contribution in [0.15, 0.2) is 41.2 Å². The van der Waals surface area contributed by atoms with Crippen LogP contribution in [0, 0.1) is 0 Å². The van der Waals surface area contributed by atoms with Crippen molar-refractivity contribution in [1.29, 1.82) is 0 Å². The monoisotopic (exact) mass is 239 g/mol. The average molecular weight is 240 g/mol. The van der Waals surface area contributed by atoms with Gasteiger partial charge in [-0.05, 0) is 23.8 Å². The molecule has 15 heavy (non-hydrogen) atoms. The molecule has 0 radical (unpaired) electrons. The number of aromatic nitrogens is 1. The Kier molecular flexibility index (Phi) is 2.80. The van der Waals surface area contributed by atoms with Gasteiger partial charge >= 0.3 is 0 Å². The zero-order valence-electron chi connectivity index (χ0n) is 7.63. The second-order valence-corrected chi connectivity index (χ2v) is 3.87. The van der Waals surface area contributed by atoms with Crippen LogP contribution in [0.3, 0.4) is 0 Å². The van der Waals surface area contributed by atoms with Crippen LogP contribution in [-0.2, 0) is 0 Å². The Morgan fingerprint density at radius 1 is 1.00 bits per heavy atom. The van der Waals surface area contributed by atoms with Crippen LogP contribution in [0.25, 0.3) is 11.3 Å². The lowest BCUT2D eigenvalue weighted by atomic mass is 10.1. The lowest BCUT2D eigenvalue weighted by molar-refractivity contribution is 1.24. The lowest BCUT2D eigenvalue weighted by Gasteiger charge is -2.02. The number of nitrogens with one attached hydrogen (secondary N) is 1. The largest absolute Gasteiger partial charge is 0.322 e. The van der Waals surface area contributed by atoms with E-state index in [1.807, 2.05) is 0 Å². The summed E-state index contributed by atoms with van der Waals surface area (Å²) in [6.07, 6.45) is 0. The number of H-pyrrole nitrogens is 1. The quantitative estimate of drug-likeness (QED) is 0.814. The Balaban J connectivity index is 2.55. The maximum Gasteiger partial charge on any atom is 0.248 e. The Bertz CT molecular complexity index is 548. The van der Waals surface area contributed by atoms with Crippen molar-refractivity contribution in [2.75, 3.05) is 0 Å². The molecule has 0 spiro atoms. The third kappa shape index (κ3) is 2.22. The summed E-state index contributed by atoms with van der Waals surface area (Å²) in [5.41, 5.74) is 1.42. The Labute approximate surface area is 96.5 Å². The van der Waals surface area contributed by atoms with Crippen LogP contribution in [0.4, 0.5) is 0 Å². The molecule has 76 valence electrons. The SMILES string of the molecule is O=c1cccc(-c2ccc(Cl)c(Cl)c2)[nH]1. The van der Waals surface area contributed by atoms with Gasteiger partial charge in [0.2, 0.25) is 5.56 Å². The molecule has 1 aromatic heterocycles. The van der Waals surface area contributed by atoms with Gasteiger partial charge in [0.1, 0.15) is 0 Å². The van der Waals surface area contributed by atoms with Gasteiger partial charge in [0.05, 0.1) is 10.0 Å². The summed E-state index contributed by atoms with van der Waals surface area (Å²) in [7, 11) is 0. The first-order valence-corrected chi connectivity index (χ1v) is 5.07. The normalized spacial score (nSPS) is 10.3. The van der Waals surface area contributed by atoms with E-state index in [0.29, 0.717) is 10.0 Å². The van der Waals surface area contributed by atoms with E-state index in [0.717, 1.165) is 11.3 Å². The van der Waals surface area contributed by atoms with E-state index in [4.69, 9.17) is 23.2 Å². The van der Waals surface area contributed by atoms with E-state index in [2.05, 4.69) is 4.98 Å². The standard InChI is InChI=1S/C11H7Cl2NO/c12-8-5-4-7(6-9(8)13)10-2-1-3-11(15)14-10/h1-6H,(H,14,15). The predicted molar refractivity (Wildman–Crippen MR) is 62.5 cm³/mol. The van der Waals surface area contributed by atoms with Crippen molar-refractivity contribution in [2.45, 2.75) is 0 Å². The highest BCUT2D eigenvalue weighted by atomic mass is 35.5. The smallest absolute Gasteiger partial charge is 0.248 e. The molecular formula is C11H7Cl2NO. The van der Waals surface area contributed by atoms with Gasteiger partial charge < -0.3 is 4.98 Å². The van der Waals surface area contributed by atoms with Crippen LogP contribution in [0.5, 0.6) is 0 Å². The van der Waals surface area contributed by atoms with Gasteiger partial charge in [0.25, 0.3) is 0 Å². The third-order valence-corrected chi connectivity index (χ3v) is 2.74. The summed E-state index contributed by atoms with van der Waals surface area (Å²) in [5.74, 6) is 0. The zero-order chi connectivity index (χ0) is 10.8. The van der Waals surface area contributed by atoms with E-state index in [1.54, 1.807) is 30.3 Å². The van der Waals surface area contributed by atoms with Crippen molar-refractivity contribution in [3.05, 3.63) is 56.8 Å². The number of halogens is 2. The third-order valence-electron chi connectivity index (χ3n) is 2.00. The van der Waals surface area contributed by atoms with Crippen molar-refractivity contribution in [3.8, 4) is 11.3 Å². The summed E-state index contributed by atoms with van der Waals surface area (Å²) < 4.78 is 0. The molecule has 2 nitrogen and oxygen atoms in total. The first kappa shape index (κ1) is 10.3. The van der Waals surface area contributed by atoms with E-state index in [-0.39, 0.29) is 5.56 Å². The summed E-state index contributed by atoms with van der Waals surface area (Å²) in [6.45, 7) is 0. The molecule has 1 aromatic carbocycles. The fourth-order valence-corrected chi connectivity index (χ4v) is 1.58. The highest BCUT2D eigenvalue weighted by Crippen LogP contribution is 2.26. The molecule has 0 aliphatic carbocycles. The van der Waals surface area contributed by atoms with E-state index < -0.39 is 0 Å². The molecule has 0 atom stereocenters. The highest BCUT2D eigenvalue weighted by Gasteiger charge is 2.02. The summed E-state index contributed by atoms with van der Waals surface area (Å²) in [5, 5.41) is 0.970. The molecule has 0 bridgehead atoms. The van der Waals surface area contributed by atoms with Crippen molar-refractivity contribution in [3.63, 3.8) is 0 Å². The maximum absolute atomic E-state index is 11.1. The molecule has 0 unspecified atom stereocenters. The average Bonchev–Trinajstić information content (AvgIpc) is 2.22. The number of aromatic amines is 1. The molecule has 0 aliphatic heterocycles. The Morgan fingerprint density at radius 2 is 1.80 bits per heavy atom. The van der Waals surface area contributed by atoms with E-state index in [9.17, 15) is 4.79 Å².